The first-order chi connectivity index (χ1) is 16.1. The fourth-order valence-corrected chi connectivity index (χ4v) is 7.88. The Morgan fingerprint density at radius 1 is 0.788 bits per heavy atom. The zero-order valence-corrected chi connectivity index (χ0v) is 20.5. The standard InChI is InChI=1S/C29H33F2OSi/c1-32-17-2-18-33-19-15-23(16-20-33)4-3-22-5-7-24(8-6-22)25-9-11-26(12-10-25)27-13-14-28(30)29(31)21-27/h5-14,21,23H,2-4,15-20H2,1H3. The molecule has 0 amide bonds. The molecule has 1 aliphatic heterocycles. The van der Waals surface area contributed by atoms with E-state index < -0.39 is 11.6 Å². The molecule has 0 atom stereocenters. The third-order valence-electron chi connectivity index (χ3n) is 6.96. The zero-order valence-electron chi connectivity index (χ0n) is 19.5. The van der Waals surface area contributed by atoms with Gasteiger partial charge in [0, 0.05) is 22.5 Å². The van der Waals surface area contributed by atoms with Gasteiger partial charge < -0.3 is 4.74 Å². The van der Waals surface area contributed by atoms with Gasteiger partial charge in [0.1, 0.15) is 0 Å². The van der Waals surface area contributed by atoms with Crippen LogP contribution in [0.3, 0.4) is 0 Å². The lowest BCUT2D eigenvalue weighted by molar-refractivity contribution is 0.199. The van der Waals surface area contributed by atoms with Gasteiger partial charge in [0.2, 0.25) is 0 Å². The smallest absolute Gasteiger partial charge is 0.159 e. The van der Waals surface area contributed by atoms with Gasteiger partial charge in [0.15, 0.2) is 11.6 Å². The normalized spacial score (nSPS) is 15.1. The third kappa shape index (κ3) is 6.61. The first-order valence-electron chi connectivity index (χ1n) is 12.1. The summed E-state index contributed by atoms with van der Waals surface area (Å²) in [5, 5.41) is 0. The molecule has 1 heterocycles. The van der Waals surface area contributed by atoms with Crippen LogP contribution in [0.4, 0.5) is 8.78 Å². The number of ether oxygens (including phenoxy) is 1. The Hall–Kier alpha value is -2.30. The molecule has 4 heteroatoms. The number of aryl methyl sites for hydroxylation is 1. The van der Waals surface area contributed by atoms with Gasteiger partial charge in [-0.2, -0.15) is 0 Å². The SMILES string of the molecule is COCCC[Si]1CCC(CCc2ccc(-c3ccc(-c4ccc(F)c(F)c4)cc3)cc2)CC1. The van der Waals surface area contributed by atoms with Crippen LogP contribution >= 0.6 is 0 Å². The number of halogens is 2. The molecule has 0 N–H and O–H groups in total. The van der Waals surface area contributed by atoms with E-state index in [4.69, 9.17) is 4.74 Å². The minimum absolute atomic E-state index is 0.111. The Labute approximate surface area is 198 Å². The van der Waals surface area contributed by atoms with Gasteiger partial charge in [0.05, 0.1) is 0 Å². The molecule has 0 saturated carbocycles. The first kappa shape index (κ1) is 23.8. The highest BCUT2D eigenvalue weighted by molar-refractivity contribution is 6.58. The van der Waals surface area contributed by atoms with Crippen molar-refractivity contribution in [2.75, 3.05) is 13.7 Å². The Morgan fingerprint density at radius 3 is 1.97 bits per heavy atom. The van der Waals surface area contributed by atoms with Gasteiger partial charge >= 0.3 is 0 Å². The minimum Gasteiger partial charge on any atom is -0.385 e. The predicted octanol–water partition coefficient (Wildman–Crippen LogP) is 8.17. The monoisotopic (exact) mass is 463 g/mol. The lowest BCUT2D eigenvalue weighted by Gasteiger charge is -2.27. The predicted molar refractivity (Wildman–Crippen MR) is 135 cm³/mol. The highest BCUT2D eigenvalue weighted by Crippen LogP contribution is 2.31. The van der Waals surface area contributed by atoms with Crippen LogP contribution in [-0.4, -0.2) is 22.5 Å². The van der Waals surface area contributed by atoms with Crippen molar-refractivity contribution < 1.29 is 13.5 Å². The average molecular weight is 464 g/mol. The number of methoxy groups -OCH3 is 1. The number of hydrogen-bond acceptors (Lipinski definition) is 1. The molecule has 173 valence electrons. The molecule has 0 aromatic heterocycles. The van der Waals surface area contributed by atoms with Crippen molar-refractivity contribution in [1.82, 2.24) is 0 Å². The Kier molecular flexibility index (Phi) is 8.46. The summed E-state index contributed by atoms with van der Waals surface area (Å²) in [6.07, 6.45) is 6.55. The van der Waals surface area contributed by atoms with E-state index in [1.54, 1.807) is 13.2 Å². The molecule has 1 saturated heterocycles. The van der Waals surface area contributed by atoms with Crippen LogP contribution in [0.25, 0.3) is 22.3 Å². The fraction of sp³-hybridized carbons (Fsp3) is 0.379. The fourth-order valence-electron chi connectivity index (χ4n) is 4.86. The maximum absolute atomic E-state index is 13.5. The average Bonchev–Trinajstić information content (AvgIpc) is 2.86. The molecule has 0 bridgehead atoms. The maximum Gasteiger partial charge on any atom is 0.159 e. The summed E-state index contributed by atoms with van der Waals surface area (Å²) in [5.41, 5.74) is 5.28. The summed E-state index contributed by atoms with van der Waals surface area (Å²) in [5.74, 6) is -0.740. The van der Waals surface area contributed by atoms with E-state index in [-0.39, 0.29) is 8.80 Å². The second-order valence-corrected chi connectivity index (χ2v) is 12.2. The van der Waals surface area contributed by atoms with E-state index in [1.807, 2.05) is 24.3 Å². The molecular formula is C29H33F2OSi. The van der Waals surface area contributed by atoms with E-state index in [1.165, 1.54) is 67.1 Å². The third-order valence-corrected chi connectivity index (χ3v) is 10.0. The Bertz CT molecular complexity index is 1010. The number of hydrogen-bond donors (Lipinski definition) is 0. The van der Waals surface area contributed by atoms with Crippen LogP contribution in [0.2, 0.25) is 18.1 Å². The topological polar surface area (TPSA) is 9.23 Å². The van der Waals surface area contributed by atoms with Crippen molar-refractivity contribution in [2.45, 2.75) is 50.2 Å². The zero-order chi connectivity index (χ0) is 23.0. The van der Waals surface area contributed by atoms with Crippen LogP contribution in [0.15, 0.2) is 66.7 Å². The summed E-state index contributed by atoms with van der Waals surface area (Å²) in [6, 6.07) is 25.3. The van der Waals surface area contributed by atoms with Gasteiger partial charge in [-0.3, -0.25) is 0 Å². The molecule has 1 aliphatic rings. The number of rotatable bonds is 9. The van der Waals surface area contributed by atoms with Crippen molar-refractivity contribution in [1.29, 1.82) is 0 Å². The molecule has 1 nitrogen and oxygen atoms in total. The van der Waals surface area contributed by atoms with Crippen molar-refractivity contribution in [2.24, 2.45) is 5.92 Å². The van der Waals surface area contributed by atoms with Crippen LogP contribution in [0, 0.1) is 17.6 Å². The lowest BCUT2D eigenvalue weighted by atomic mass is 9.93. The molecule has 33 heavy (non-hydrogen) atoms. The highest BCUT2D eigenvalue weighted by Gasteiger charge is 2.21. The largest absolute Gasteiger partial charge is 0.385 e. The van der Waals surface area contributed by atoms with Crippen LogP contribution in [0.1, 0.15) is 31.2 Å². The van der Waals surface area contributed by atoms with Gasteiger partial charge in [0.25, 0.3) is 0 Å². The van der Waals surface area contributed by atoms with E-state index in [2.05, 4.69) is 24.3 Å². The van der Waals surface area contributed by atoms with Crippen molar-refractivity contribution in [3.05, 3.63) is 83.9 Å². The van der Waals surface area contributed by atoms with Crippen molar-refractivity contribution >= 4 is 8.80 Å². The lowest BCUT2D eigenvalue weighted by Crippen LogP contribution is -2.22. The van der Waals surface area contributed by atoms with E-state index >= 15 is 0 Å². The summed E-state index contributed by atoms with van der Waals surface area (Å²) in [6.45, 7) is 0.923. The Morgan fingerprint density at radius 2 is 1.36 bits per heavy atom. The summed E-state index contributed by atoms with van der Waals surface area (Å²) in [4.78, 5) is 0. The van der Waals surface area contributed by atoms with E-state index in [0.29, 0.717) is 5.56 Å². The Balaban J connectivity index is 1.27. The molecule has 1 fully saturated rings. The second-order valence-electron chi connectivity index (χ2n) is 9.23. The molecule has 1 radical (unpaired) electrons. The first-order valence-corrected chi connectivity index (χ1v) is 14.2. The summed E-state index contributed by atoms with van der Waals surface area (Å²) in [7, 11) is 1.69. The molecular weight excluding hydrogens is 430 g/mol. The highest BCUT2D eigenvalue weighted by atomic mass is 28.3. The van der Waals surface area contributed by atoms with Crippen molar-refractivity contribution in [3.8, 4) is 22.3 Å². The number of benzene rings is 3. The molecule has 0 aliphatic carbocycles. The van der Waals surface area contributed by atoms with Gasteiger partial charge in [-0.1, -0.05) is 85.6 Å². The van der Waals surface area contributed by atoms with Gasteiger partial charge in [-0.25, -0.2) is 8.78 Å². The molecule has 3 aromatic carbocycles. The maximum atomic E-state index is 13.5. The quantitative estimate of drug-likeness (QED) is 0.230. The molecule has 0 unspecified atom stereocenters. The summed E-state index contributed by atoms with van der Waals surface area (Å²) >= 11 is 0. The van der Waals surface area contributed by atoms with Gasteiger partial charge in [-0.15, -0.1) is 0 Å². The van der Waals surface area contributed by atoms with Crippen LogP contribution in [0.5, 0.6) is 0 Å². The minimum atomic E-state index is -0.817. The van der Waals surface area contributed by atoms with Gasteiger partial charge in [-0.05, 0) is 65.1 Å². The van der Waals surface area contributed by atoms with E-state index in [0.717, 1.165) is 30.1 Å². The van der Waals surface area contributed by atoms with Crippen LogP contribution < -0.4 is 0 Å². The van der Waals surface area contributed by atoms with E-state index in [9.17, 15) is 8.78 Å². The second kappa shape index (κ2) is 11.7. The molecule has 0 spiro atoms. The van der Waals surface area contributed by atoms with Crippen molar-refractivity contribution in [3.63, 3.8) is 0 Å². The summed E-state index contributed by atoms with van der Waals surface area (Å²) < 4.78 is 31.9. The molecule has 4 rings (SSSR count). The molecule has 3 aromatic rings. The van der Waals surface area contributed by atoms with Crippen LogP contribution in [-0.2, 0) is 11.2 Å².